The highest BCUT2D eigenvalue weighted by Gasteiger charge is 2.40. The number of hydrogen-bond acceptors (Lipinski definition) is 21. The molecule has 462 valence electrons. The van der Waals surface area contributed by atoms with Crippen LogP contribution in [0.15, 0.2) is 150 Å². The summed E-state index contributed by atoms with van der Waals surface area (Å²) in [4.78, 5) is 83.3. The lowest BCUT2D eigenvalue weighted by molar-refractivity contribution is -0.432. The molecule has 87 heavy (non-hydrogen) atoms. The van der Waals surface area contributed by atoms with E-state index in [2.05, 4.69) is 91.0 Å². The summed E-state index contributed by atoms with van der Waals surface area (Å²) in [7, 11) is -1.72. The highest BCUT2D eigenvalue weighted by molar-refractivity contribution is 7.94. The monoisotopic (exact) mass is 1250 g/mol. The number of methoxy groups -OCH3 is 1. The van der Waals surface area contributed by atoms with Crippen LogP contribution in [0.4, 0.5) is 5.95 Å². The Morgan fingerprint density at radius 3 is 1.97 bits per heavy atom. The highest BCUT2D eigenvalue weighted by atomic mass is 32.2. The number of pyridine rings is 1. The molecule has 2 heterocycles. The molecule has 0 radical (unpaired) electrons. The Balaban J connectivity index is 0.926. The van der Waals surface area contributed by atoms with Crippen LogP contribution in [0.25, 0.3) is 10.9 Å². The van der Waals surface area contributed by atoms with Gasteiger partial charge in [-0.2, -0.15) is 4.72 Å². The van der Waals surface area contributed by atoms with Crippen LogP contribution in [0.3, 0.4) is 0 Å². The summed E-state index contributed by atoms with van der Waals surface area (Å²) in [6, 6.07) is 34.8. The Kier molecular flexibility index (Phi) is 24.4. The van der Waals surface area contributed by atoms with Crippen molar-refractivity contribution in [2.24, 2.45) is 12.8 Å². The number of carbonyl (C=O) groups excluding carboxylic acids is 5. The van der Waals surface area contributed by atoms with Gasteiger partial charge in [-0.15, -0.1) is 8.67 Å². The van der Waals surface area contributed by atoms with Crippen molar-refractivity contribution in [3.63, 3.8) is 0 Å². The molecule has 26 nitrogen and oxygen atoms in total. The quantitative estimate of drug-likeness (QED) is 0.00687. The van der Waals surface area contributed by atoms with Gasteiger partial charge in [-0.3, -0.25) is 33.3 Å². The molecule has 0 saturated carbocycles. The van der Waals surface area contributed by atoms with Crippen molar-refractivity contribution in [2.45, 2.75) is 61.8 Å². The van der Waals surface area contributed by atoms with Crippen LogP contribution in [0, 0.1) is 13.8 Å². The number of aromatic nitrogens is 3. The minimum Gasteiger partial charge on any atom is -0.494 e. The van der Waals surface area contributed by atoms with Crippen LogP contribution in [-0.2, 0) is 71.8 Å². The zero-order valence-electron chi connectivity index (χ0n) is 47.6. The Hall–Kier alpha value is -8.20. The molecule has 29 heteroatoms. The molecule has 5 aromatic carbocycles. The maximum atomic E-state index is 14.0. The van der Waals surface area contributed by atoms with E-state index in [1.54, 1.807) is 29.9 Å². The summed E-state index contributed by atoms with van der Waals surface area (Å²) in [5, 5.41) is 37.5. The van der Waals surface area contributed by atoms with Gasteiger partial charge in [-0.25, -0.2) is 23.9 Å². The Morgan fingerprint density at radius 2 is 1.37 bits per heavy atom. The van der Waals surface area contributed by atoms with Gasteiger partial charge in [0.05, 0.1) is 35.9 Å². The maximum absolute atomic E-state index is 14.0. The van der Waals surface area contributed by atoms with Crippen LogP contribution in [0.2, 0.25) is 0 Å². The number of carbonyl (C=O) groups is 5. The number of aryl methyl sites for hydroxylation is 3. The smallest absolute Gasteiger partial charge is 0.325 e. The van der Waals surface area contributed by atoms with Crippen molar-refractivity contribution in [3.8, 4) is 5.75 Å². The van der Waals surface area contributed by atoms with Gasteiger partial charge in [0.15, 0.2) is 0 Å². The van der Waals surface area contributed by atoms with Crippen LogP contribution in [0.1, 0.15) is 56.6 Å². The minimum atomic E-state index is -4.47. The fraction of sp³-hybridized carbons (Fsp3) is 0.293. The first-order valence-corrected chi connectivity index (χ1v) is 30.2. The first-order valence-electron chi connectivity index (χ1n) is 26.9. The topological polar surface area (TPSA) is 353 Å². The van der Waals surface area contributed by atoms with Crippen LogP contribution >= 0.6 is 24.1 Å². The standard InChI is InChI=1S/C58H66N10O16S3/c1-37-29-43(80-28-14-21-50(69)60-24-25-61-55(73)48(36-86-84-82-76)65-54(72)46(59)35-85-83-81-75)30-38(2)52(37)87(77,78)66-47(56(74)79-4)33-63-53(71)45-34-67(3)49-31-39(22-23-44(49)51(45)70)32-64-57-62-26-27-68(57)58(40-15-8-5-9-16-40,41-17-10-6-11-18-41)42-19-12-7-13-20-42/h5-13,15-20,22-23,26-27,29-31,34,46-48,66,75-76H,14,21,24-25,28,32-33,35-36,59H2,1-4H3,(H,60,69)(H,61,73)(H,62,64)(H,63,71)(H,65,72)/t46-,47-,48-/m0/s1. The summed E-state index contributed by atoms with van der Waals surface area (Å²) in [5.41, 5.74) is 9.03. The molecule has 3 atom stereocenters. The van der Waals surface area contributed by atoms with Gasteiger partial charge in [0, 0.05) is 93.5 Å². The molecule has 4 amide bonds. The van der Waals surface area contributed by atoms with E-state index >= 15 is 0 Å². The van der Waals surface area contributed by atoms with Crippen molar-refractivity contribution in [1.82, 2.24) is 40.1 Å². The fourth-order valence-electron chi connectivity index (χ4n) is 9.71. The highest BCUT2D eigenvalue weighted by Crippen LogP contribution is 2.42. The van der Waals surface area contributed by atoms with Gasteiger partial charge < -0.3 is 46.4 Å². The average Bonchev–Trinajstić information content (AvgIpc) is 2.10. The molecule has 2 aromatic heterocycles. The third kappa shape index (κ3) is 17.1. The summed E-state index contributed by atoms with van der Waals surface area (Å²) < 4.78 is 53.3. The normalized spacial score (nSPS) is 12.6. The number of esters is 1. The van der Waals surface area contributed by atoms with E-state index in [0.29, 0.717) is 47.8 Å². The molecule has 7 rings (SSSR count). The van der Waals surface area contributed by atoms with E-state index in [1.165, 1.54) is 32.2 Å². The largest absolute Gasteiger partial charge is 0.494 e. The number of nitrogens with one attached hydrogen (secondary N) is 6. The number of benzene rings is 5. The summed E-state index contributed by atoms with van der Waals surface area (Å²) >= 11 is 1.05. The number of nitrogens with zero attached hydrogens (tertiary/aromatic N) is 3. The lowest BCUT2D eigenvalue weighted by Gasteiger charge is -2.38. The molecule has 0 spiro atoms. The number of rotatable bonds is 33. The average molecular weight is 1260 g/mol. The Bertz CT molecular complexity index is 3540. The van der Waals surface area contributed by atoms with E-state index < -0.39 is 69.4 Å². The minimum absolute atomic E-state index is 0.0144. The van der Waals surface area contributed by atoms with Crippen molar-refractivity contribution < 1.29 is 71.1 Å². The van der Waals surface area contributed by atoms with Crippen LogP contribution in [-0.4, -0.2) is 126 Å². The predicted molar refractivity (Wildman–Crippen MR) is 323 cm³/mol. The Labute approximate surface area is 509 Å². The molecule has 0 fully saturated rings. The number of sulfonamides is 1. The van der Waals surface area contributed by atoms with E-state index in [-0.39, 0.29) is 76.9 Å². The summed E-state index contributed by atoms with van der Waals surface area (Å²) in [5.74, 6) is -3.14. The van der Waals surface area contributed by atoms with Crippen LogP contribution in [0.5, 0.6) is 5.75 Å². The molecule has 0 bridgehead atoms. The maximum Gasteiger partial charge on any atom is 0.325 e. The second-order valence-corrected chi connectivity index (χ2v) is 22.6. The molecule has 0 aliphatic heterocycles. The third-order valence-corrected chi connectivity index (χ3v) is 16.7. The van der Waals surface area contributed by atoms with Gasteiger partial charge in [0.2, 0.25) is 39.1 Å². The number of amides is 4. The van der Waals surface area contributed by atoms with E-state index in [0.717, 1.165) is 29.4 Å². The lowest BCUT2D eigenvalue weighted by Crippen LogP contribution is -2.54. The number of imidazole rings is 1. The predicted octanol–water partition coefficient (Wildman–Crippen LogP) is 4.40. The first-order chi connectivity index (χ1) is 41.9. The van der Waals surface area contributed by atoms with Gasteiger partial charge >= 0.3 is 5.97 Å². The summed E-state index contributed by atoms with van der Waals surface area (Å²) in [6.45, 7) is 2.83. The molecule has 0 unspecified atom stereocenters. The van der Waals surface area contributed by atoms with E-state index in [9.17, 15) is 37.2 Å². The zero-order chi connectivity index (χ0) is 62.5. The SMILES string of the molecule is COC(=O)[C@H](CNC(=O)c1cn(C)c2cc(CNc3nccn3C(c3ccccc3)(c3ccccc3)c3ccccc3)ccc2c1=O)NS(=O)(=O)c1c(C)cc(OCCCC(=O)NCCNC(=O)[C@H](CSOOO)NC(=O)[C@@H](N)CSOOO)cc1C. The lowest BCUT2D eigenvalue weighted by atomic mass is 9.76. The van der Waals surface area contributed by atoms with Crippen molar-refractivity contribution in [1.29, 1.82) is 0 Å². The van der Waals surface area contributed by atoms with Gasteiger partial charge in [-0.1, -0.05) is 107 Å². The van der Waals surface area contributed by atoms with E-state index in [1.807, 2.05) is 66.9 Å². The second kappa shape index (κ2) is 32.0. The molecular weight excluding hydrogens is 1190 g/mol. The number of anilines is 1. The molecule has 0 aliphatic rings. The van der Waals surface area contributed by atoms with Gasteiger partial charge in [-0.05, 0) is 77.9 Å². The number of ether oxygens (including phenoxy) is 2. The molecule has 0 saturated heterocycles. The van der Waals surface area contributed by atoms with Crippen LogP contribution < -0.4 is 47.2 Å². The first kappa shape index (κ1) is 66.3. The number of nitrogens with two attached hydrogens (primary N) is 1. The third-order valence-electron chi connectivity index (χ3n) is 13.7. The van der Waals surface area contributed by atoms with Gasteiger partial charge in [0.1, 0.15) is 28.9 Å². The second-order valence-electron chi connectivity index (χ2n) is 19.5. The molecular formula is C58H66N10O16S3. The Morgan fingerprint density at radius 1 is 0.770 bits per heavy atom. The fourth-order valence-corrected chi connectivity index (χ4v) is 12.2. The summed E-state index contributed by atoms with van der Waals surface area (Å²) in [6.07, 6.45) is 5.34. The molecule has 10 N–H and O–H groups in total. The molecule has 7 aromatic rings. The van der Waals surface area contributed by atoms with E-state index in [4.69, 9.17) is 30.7 Å². The number of hydrogen-bond donors (Lipinski definition) is 9. The van der Waals surface area contributed by atoms with Crippen molar-refractivity contribution in [2.75, 3.05) is 50.2 Å². The van der Waals surface area contributed by atoms with Crippen molar-refractivity contribution in [3.05, 3.63) is 189 Å². The molecule has 0 aliphatic carbocycles. The van der Waals surface area contributed by atoms with Crippen molar-refractivity contribution >= 4 is 80.6 Å². The zero-order valence-corrected chi connectivity index (χ0v) is 50.1. The van der Waals surface area contributed by atoms with Gasteiger partial charge in [0.25, 0.3) is 5.91 Å². The number of fused-ring (bicyclic) bond motifs is 1.